The van der Waals surface area contributed by atoms with E-state index in [1.807, 2.05) is 11.8 Å². The second kappa shape index (κ2) is 10.2. The van der Waals surface area contributed by atoms with E-state index < -0.39 is 6.10 Å². The van der Waals surface area contributed by atoms with Crippen LogP contribution in [-0.2, 0) is 14.3 Å². The molecular weight excluding hydrogens is 416 g/mol. The molecule has 0 aromatic carbocycles. The normalized spacial score (nSPS) is 38.0. The number of hydrogen-bond donors (Lipinski definition) is 2. The lowest BCUT2D eigenvalue weighted by Gasteiger charge is -2.56. The third-order valence-electron chi connectivity index (χ3n) is 8.98. The monoisotopic (exact) mass is 464 g/mol. The van der Waals surface area contributed by atoms with E-state index in [-0.39, 0.29) is 58.4 Å². The van der Waals surface area contributed by atoms with Crippen molar-refractivity contribution in [1.82, 2.24) is 10.2 Å². The van der Waals surface area contributed by atoms with E-state index >= 15 is 0 Å². The number of rotatable bonds is 6. The fourth-order valence-corrected chi connectivity index (χ4v) is 7.17. The van der Waals surface area contributed by atoms with E-state index in [0.717, 1.165) is 45.1 Å². The molecule has 0 aromatic heterocycles. The Morgan fingerprint density at radius 1 is 1.21 bits per heavy atom. The SMILES string of the molecule is COC[C@H]1CCCN1C(=O)[C@@H](C)[C@@H]1CC[C@@]2(C)CC[C@H](NC(=O)CC(C)(C)C)[C@@H](C)[C@@H]2[C@H]1O. The number of nitrogens with one attached hydrogen (secondary N) is 1. The van der Waals surface area contributed by atoms with E-state index in [1.54, 1.807) is 7.11 Å². The van der Waals surface area contributed by atoms with E-state index in [0.29, 0.717) is 13.0 Å². The number of hydrogen-bond acceptors (Lipinski definition) is 4. The van der Waals surface area contributed by atoms with Crippen LogP contribution in [0.1, 0.15) is 86.5 Å². The maximum Gasteiger partial charge on any atom is 0.226 e. The Morgan fingerprint density at radius 3 is 2.52 bits per heavy atom. The molecule has 190 valence electrons. The number of likely N-dealkylation sites (tertiary alicyclic amines) is 1. The Bertz CT molecular complexity index is 705. The zero-order valence-corrected chi connectivity index (χ0v) is 22.0. The molecule has 3 fully saturated rings. The molecule has 1 heterocycles. The highest BCUT2D eigenvalue weighted by atomic mass is 16.5. The van der Waals surface area contributed by atoms with Crippen LogP contribution in [0.2, 0.25) is 0 Å². The molecule has 3 rings (SSSR count). The first-order chi connectivity index (χ1) is 15.4. The van der Waals surface area contributed by atoms with Gasteiger partial charge in [-0.25, -0.2) is 0 Å². The summed E-state index contributed by atoms with van der Waals surface area (Å²) >= 11 is 0. The minimum atomic E-state index is -0.525. The van der Waals surface area contributed by atoms with E-state index in [4.69, 9.17) is 4.74 Å². The van der Waals surface area contributed by atoms with Gasteiger partial charge in [0, 0.05) is 32.0 Å². The van der Waals surface area contributed by atoms with Crippen molar-refractivity contribution >= 4 is 11.8 Å². The molecule has 0 aromatic rings. The van der Waals surface area contributed by atoms with Gasteiger partial charge in [-0.1, -0.05) is 41.5 Å². The lowest BCUT2D eigenvalue weighted by Crippen LogP contribution is -2.59. The van der Waals surface area contributed by atoms with Gasteiger partial charge in [0.1, 0.15) is 0 Å². The van der Waals surface area contributed by atoms with E-state index in [2.05, 4.69) is 39.9 Å². The second-order valence-corrected chi connectivity index (χ2v) is 12.8. The molecule has 6 heteroatoms. The highest BCUT2D eigenvalue weighted by Crippen LogP contribution is 2.55. The number of amides is 2. The quantitative estimate of drug-likeness (QED) is 0.623. The van der Waals surface area contributed by atoms with Crippen molar-refractivity contribution in [2.75, 3.05) is 20.3 Å². The predicted molar refractivity (Wildman–Crippen MR) is 131 cm³/mol. The summed E-state index contributed by atoms with van der Waals surface area (Å²) in [5, 5.41) is 14.9. The summed E-state index contributed by atoms with van der Waals surface area (Å²) < 4.78 is 5.35. The molecule has 3 aliphatic rings. The molecule has 8 atom stereocenters. The third kappa shape index (κ3) is 5.75. The minimum absolute atomic E-state index is 0.0363. The van der Waals surface area contributed by atoms with Gasteiger partial charge in [0.2, 0.25) is 11.8 Å². The summed E-state index contributed by atoms with van der Waals surface area (Å²) in [5.41, 5.74) is 0.0214. The van der Waals surface area contributed by atoms with Crippen molar-refractivity contribution in [2.45, 2.75) is 105 Å². The Morgan fingerprint density at radius 2 is 1.88 bits per heavy atom. The Balaban J connectivity index is 1.71. The average molecular weight is 465 g/mol. The highest BCUT2D eigenvalue weighted by molar-refractivity contribution is 5.79. The molecule has 1 aliphatic heterocycles. The molecule has 0 bridgehead atoms. The van der Waals surface area contributed by atoms with Gasteiger partial charge in [-0.05, 0) is 67.1 Å². The van der Waals surface area contributed by atoms with Crippen molar-refractivity contribution < 1.29 is 19.4 Å². The number of carbonyl (C=O) groups excluding carboxylic acids is 2. The molecule has 6 nitrogen and oxygen atoms in total. The van der Waals surface area contributed by atoms with Crippen LogP contribution < -0.4 is 5.32 Å². The number of nitrogens with zero attached hydrogens (tertiary/aromatic N) is 1. The summed E-state index contributed by atoms with van der Waals surface area (Å²) in [6, 6.07) is 0.244. The molecule has 33 heavy (non-hydrogen) atoms. The van der Waals surface area contributed by atoms with Gasteiger partial charge in [0.15, 0.2) is 0 Å². The summed E-state index contributed by atoms with van der Waals surface area (Å²) in [6.07, 6.45) is 5.89. The van der Waals surface area contributed by atoms with E-state index in [1.165, 1.54) is 0 Å². The fourth-order valence-electron chi connectivity index (χ4n) is 7.17. The molecule has 2 amide bonds. The first-order valence-electron chi connectivity index (χ1n) is 13.1. The van der Waals surface area contributed by atoms with Crippen molar-refractivity contribution in [3.05, 3.63) is 0 Å². The maximum atomic E-state index is 13.4. The van der Waals surface area contributed by atoms with Crippen LogP contribution in [0, 0.1) is 34.5 Å². The van der Waals surface area contributed by atoms with Crippen LogP contribution in [0.15, 0.2) is 0 Å². The lowest BCUT2D eigenvalue weighted by atomic mass is 9.51. The van der Waals surface area contributed by atoms with Gasteiger partial charge in [-0.3, -0.25) is 9.59 Å². The molecular formula is C27H48N2O4. The van der Waals surface area contributed by atoms with Crippen LogP contribution in [0.25, 0.3) is 0 Å². The third-order valence-corrected chi connectivity index (χ3v) is 8.98. The van der Waals surface area contributed by atoms with Crippen molar-refractivity contribution in [3.63, 3.8) is 0 Å². The van der Waals surface area contributed by atoms with Crippen LogP contribution in [0.5, 0.6) is 0 Å². The minimum Gasteiger partial charge on any atom is -0.392 e. The summed E-state index contributed by atoms with van der Waals surface area (Å²) in [4.78, 5) is 28.1. The first kappa shape index (κ1) is 26.5. The Kier molecular flexibility index (Phi) is 8.20. The molecule has 0 spiro atoms. The van der Waals surface area contributed by atoms with Gasteiger partial charge < -0.3 is 20.1 Å². The number of aliphatic hydroxyl groups is 1. The van der Waals surface area contributed by atoms with Gasteiger partial charge in [-0.2, -0.15) is 0 Å². The van der Waals surface area contributed by atoms with Crippen LogP contribution in [-0.4, -0.2) is 60.3 Å². The van der Waals surface area contributed by atoms with Gasteiger partial charge >= 0.3 is 0 Å². The average Bonchev–Trinajstić information content (AvgIpc) is 3.16. The van der Waals surface area contributed by atoms with Crippen LogP contribution in [0.3, 0.4) is 0 Å². The topological polar surface area (TPSA) is 78.9 Å². The molecule has 0 unspecified atom stereocenters. The number of carbonyl (C=O) groups is 2. The Hall–Kier alpha value is -1.14. The number of fused-ring (bicyclic) bond motifs is 1. The van der Waals surface area contributed by atoms with Gasteiger partial charge in [0.05, 0.1) is 18.8 Å². The van der Waals surface area contributed by atoms with E-state index in [9.17, 15) is 14.7 Å². The lowest BCUT2D eigenvalue weighted by molar-refractivity contribution is -0.152. The van der Waals surface area contributed by atoms with Crippen LogP contribution in [0.4, 0.5) is 0 Å². The smallest absolute Gasteiger partial charge is 0.226 e. The zero-order chi connectivity index (χ0) is 24.6. The first-order valence-corrected chi connectivity index (χ1v) is 13.1. The molecule has 2 aliphatic carbocycles. The standard InChI is InChI=1S/C27H48N2O4/c1-17(25(32)29-14-8-9-19(29)16-33-7)20-10-12-27(6)13-11-21(18(2)23(27)24(20)31)28-22(30)15-26(3,4)5/h17-21,23-24,31H,8-16H2,1-7H3,(H,28,30)/t17-,18+,19+,20-,21-,23+,24-,27-/m0/s1. The number of aliphatic hydroxyl groups excluding tert-OH is 1. The Labute approximate surface area is 201 Å². The number of ether oxygens (including phenoxy) is 1. The summed E-state index contributed by atoms with van der Waals surface area (Å²) in [5.74, 6) is 0.303. The molecule has 0 radical (unpaired) electrons. The molecule has 1 saturated heterocycles. The largest absolute Gasteiger partial charge is 0.392 e. The van der Waals surface area contributed by atoms with Gasteiger partial charge in [-0.15, -0.1) is 0 Å². The fraction of sp³-hybridized carbons (Fsp3) is 0.926. The number of methoxy groups -OCH3 is 1. The molecule has 2 saturated carbocycles. The van der Waals surface area contributed by atoms with Crippen molar-refractivity contribution in [3.8, 4) is 0 Å². The summed E-state index contributed by atoms with van der Waals surface area (Å²) in [6.45, 7) is 14.1. The van der Waals surface area contributed by atoms with Crippen LogP contribution >= 0.6 is 0 Å². The maximum absolute atomic E-state index is 13.4. The predicted octanol–water partition coefficient (Wildman–Crippen LogP) is 4.00. The highest BCUT2D eigenvalue weighted by Gasteiger charge is 2.54. The van der Waals surface area contributed by atoms with Crippen molar-refractivity contribution in [1.29, 1.82) is 0 Å². The second-order valence-electron chi connectivity index (χ2n) is 12.8. The molecule has 2 N–H and O–H groups in total. The zero-order valence-electron chi connectivity index (χ0n) is 22.0. The van der Waals surface area contributed by atoms with Crippen molar-refractivity contribution in [2.24, 2.45) is 34.5 Å². The summed E-state index contributed by atoms with van der Waals surface area (Å²) in [7, 11) is 1.69. The van der Waals surface area contributed by atoms with Gasteiger partial charge in [0.25, 0.3) is 0 Å².